The third-order valence-electron chi connectivity index (χ3n) is 4.80. The molecule has 192 valence electrons. The molecule has 0 bridgehead atoms. The van der Waals surface area contributed by atoms with E-state index in [-0.39, 0.29) is 48.4 Å². The number of nitrogens with two attached hydrogens (primary N) is 1. The number of anilines is 1. The van der Waals surface area contributed by atoms with Gasteiger partial charge in [-0.15, -0.1) is 0 Å². The van der Waals surface area contributed by atoms with Crippen LogP contribution >= 0.6 is 7.60 Å². The lowest BCUT2D eigenvalue weighted by molar-refractivity contribution is 0.113. The molecule has 0 aliphatic rings. The van der Waals surface area contributed by atoms with Crippen LogP contribution in [0.2, 0.25) is 0 Å². The molecule has 4 aromatic rings. The summed E-state index contributed by atoms with van der Waals surface area (Å²) in [6, 6.07) is 5.48. The van der Waals surface area contributed by atoms with E-state index < -0.39 is 44.4 Å². The molecule has 1 atom stereocenters. The number of hydrogen-bond acceptors (Lipinski definition) is 12. The molecule has 3 aromatic heterocycles. The number of H-pyrrole nitrogens is 1. The first-order chi connectivity index (χ1) is 17.3. The van der Waals surface area contributed by atoms with E-state index in [1.54, 1.807) is 6.07 Å². The molecule has 36 heavy (non-hydrogen) atoms. The van der Waals surface area contributed by atoms with E-state index >= 15 is 0 Å². The molecular formula is C20H21FN5O9P. The van der Waals surface area contributed by atoms with Crippen molar-refractivity contribution in [2.45, 2.75) is 26.4 Å². The van der Waals surface area contributed by atoms with Gasteiger partial charge in [0.05, 0.1) is 19.5 Å². The van der Waals surface area contributed by atoms with E-state index in [2.05, 4.69) is 19.4 Å². The van der Waals surface area contributed by atoms with Gasteiger partial charge in [-0.1, -0.05) is 12.1 Å². The summed E-state index contributed by atoms with van der Waals surface area (Å²) in [5.74, 6) is -2.00. The molecule has 0 fully saturated rings. The number of ether oxygens (including phenoxy) is 1. The topological polar surface area (TPSA) is 198 Å². The number of nitrogens with one attached hydrogen (secondary N) is 1. The van der Waals surface area contributed by atoms with Gasteiger partial charge in [-0.05, 0) is 17.7 Å². The smallest absolute Gasteiger partial charge is 0.393 e. The summed E-state index contributed by atoms with van der Waals surface area (Å²) in [5.41, 5.74) is 5.82. The molecule has 1 aromatic carbocycles. The van der Waals surface area contributed by atoms with E-state index in [1.165, 1.54) is 29.1 Å². The Morgan fingerprint density at radius 2 is 1.97 bits per heavy atom. The molecule has 1 unspecified atom stereocenters. The van der Waals surface area contributed by atoms with Gasteiger partial charge >= 0.3 is 13.4 Å². The Hall–Kier alpha value is -3.62. The summed E-state index contributed by atoms with van der Waals surface area (Å²) in [7, 11) is -4.00. The maximum atomic E-state index is 13.5. The molecule has 0 spiro atoms. The highest BCUT2D eigenvalue weighted by Crippen LogP contribution is 2.49. The fraction of sp³-hybridized carbons (Fsp3) is 0.300. The lowest BCUT2D eigenvalue weighted by atomic mass is 10.2. The third-order valence-corrected chi connectivity index (χ3v) is 6.34. The highest BCUT2D eigenvalue weighted by atomic mass is 31.2. The molecule has 4 rings (SSSR count). The maximum absolute atomic E-state index is 13.5. The minimum Gasteiger partial charge on any atom is -0.393 e. The number of nitrogen functional groups attached to an aromatic ring is 1. The third kappa shape index (κ3) is 6.13. The van der Waals surface area contributed by atoms with Crippen molar-refractivity contribution >= 4 is 24.7 Å². The fourth-order valence-corrected chi connectivity index (χ4v) is 4.34. The SMILES string of the molecule is Nc1nc2c(ncn2CCOCP(=O)(OCc2cccc(F)c2)OCc2oc(=O)oc2CO)c(=O)[nH]1. The molecule has 4 N–H and O–H groups in total. The van der Waals surface area contributed by atoms with Gasteiger partial charge in [0.15, 0.2) is 22.7 Å². The number of nitrogens with zero attached hydrogens (tertiary/aromatic N) is 3. The highest BCUT2D eigenvalue weighted by molar-refractivity contribution is 7.53. The average Bonchev–Trinajstić information content (AvgIpc) is 3.42. The predicted molar refractivity (Wildman–Crippen MR) is 120 cm³/mol. The Balaban J connectivity index is 1.42. The van der Waals surface area contributed by atoms with Gasteiger partial charge in [0.2, 0.25) is 5.95 Å². The Morgan fingerprint density at radius 3 is 2.75 bits per heavy atom. The number of fused-ring (bicyclic) bond motifs is 1. The average molecular weight is 525 g/mol. The predicted octanol–water partition coefficient (Wildman–Crippen LogP) is 1.48. The summed E-state index contributed by atoms with van der Waals surface area (Å²) in [4.78, 5) is 33.6. The normalized spacial score (nSPS) is 13.3. The second kappa shape index (κ2) is 11.0. The lowest BCUT2D eigenvalue weighted by Crippen LogP contribution is -2.13. The Bertz CT molecular complexity index is 1510. The van der Waals surface area contributed by atoms with E-state index in [0.29, 0.717) is 5.56 Å². The van der Waals surface area contributed by atoms with Crippen molar-refractivity contribution in [3.63, 3.8) is 0 Å². The first-order valence-corrected chi connectivity index (χ1v) is 12.1. The zero-order valence-electron chi connectivity index (χ0n) is 18.6. The summed E-state index contributed by atoms with van der Waals surface area (Å²) in [6.45, 7) is -1.28. The van der Waals surface area contributed by atoms with Crippen LogP contribution < -0.4 is 17.1 Å². The molecule has 0 amide bonds. The Labute approximate surface area is 201 Å². The maximum Gasteiger partial charge on any atom is 0.519 e. The van der Waals surface area contributed by atoms with Crippen LogP contribution in [0.25, 0.3) is 11.2 Å². The standard InChI is InChI=1S/C20H21FN5O9P/c21-13-3-1-2-12(6-13)8-32-36(30,33-9-15-14(7-27)34-20(29)35-15)11-31-5-4-26-10-23-16-17(26)24-19(22)25-18(16)28/h1-3,6,10,27H,4-5,7-9,11H2,(H3,22,24,25,28). The fourth-order valence-electron chi connectivity index (χ4n) is 3.11. The first-order valence-electron chi connectivity index (χ1n) is 10.4. The van der Waals surface area contributed by atoms with Gasteiger partial charge in [-0.2, -0.15) is 4.98 Å². The minimum atomic E-state index is -4.00. The van der Waals surface area contributed by atoms with Crippen LogP contribution in [0, 0.1) is 5.82 Å². The van der Waals surface area contributed by atoms with E-state index in [1.807, 2.05) is 0 Å². The van der Waals surface area contributed by atoms with Crippen LogP contribution in [0.5, 0.6) is 0 Å². The lowest BCUT2D eigenvalue weighted by Gasteiger charge is -2.18. The zero-order chi connectivity index (χ0) is 25.7. The van der Waals surface area contributed by atoms with Crippen LogP contribution in [-0.4, -0.2) is 37.6 Å². The van der Waals surface area contributed by atoms with Crippen molar-refractivity contribution < 1.29 is 36.7 Å². The van der Waals surface area contributed by atoms with Crippen molar-refractivity contribution in [1.82, 2.24) is 19.5 Å². The number of imidazole rings is 1. The highest BCUT2D eigenvalue weighted by Gasteiger charge is 2.28. The van der Waals surface area contributed by atoms with Crippen LogP contribution in [0.3, 0.4) is 0 Å². The molecule has 0 saturated carbocycles. The second-order valence-corrected chi connectivity index (χ2v) is 9.34. The molecule has 0 saturated heterocycles. The largest absolute Gasteiger partial charge is 0.519 e. The number of hydrogen-bond donors (Lipinski definition) is 3. The molecule has 0 radical (unpaired) electrons. The summed E-state index contributed by atoms with van der Waals surface area (Å²) in [5, 5.41) is 9.26. The zero-order valence-corrected chi connectivity index (χ0v) is 19.5. The summed E-state index contributed by atoms with van der Waals surface area (Å²) < 4.78 is 54.1. The van der Waals surface area contributed by atoms with Gasteiger partial charge in [0, 0.05) is 6.54 Å². The number of aliphatic hydroxyl groups excluding tert-OH is 1. The van der Waals surface area contributed by atoms with Crippen LogP contribution in [0.4, 0.5) is 10.3 Å². The van der Waals surface area contributed by atoms with Crippen molar-refractivity contribution in [3.05, 3.63) is 74.5 Å². The van der Waals surface area contributed by atoms with Gasteiger partial charge in [0.25, 0.3) is 5.56 Å². The van der Waals surface area contributed by atoms with Gasteiger partial charge < -0.3 is 33.5 Å². The first kappa shape index (κ1) is 25.5. The van der Waals surface area contributed by atoms with Crippen LogP contribution in [-0.2, 0) is 44.7 Å². The molecule has 3 heterocycles. The van der Waals surface area contributed by atoms with Crippen molar-refractivity contribution in [1.29, 1.82) is 0 Å². The molecule has 0 aliphatic carbocycles. The monoisotopic (exact) mass is 525 g/mol. The second-order valence-electron chi connectivity index (χ2n) is 7.34. The van der Waals surface area contributed by atoms with E-state index in [4.69, 9.17) is 23.9 Å². The molecular weight excluding hydrogens is 504 g/mol. The van der Waals surface area contributed by atoms with Gasteiger partial charge in [-0.25, -0.2) is 14.2 Å². The molecule has 14 nitrogen and oxygen atoms in total. The van der Waals surface area contributed by atoms with Crippen molar-refractivity contribution in [2.75, 3.05) is 18.7 Å². The summed E-state index contributed by atoms with van der Waals surface area (Å²) >= 11 is 0. The summed E-state index contributed by atoms with van der Waals surface area (Å²) in [6.07, 6.45) is 0.852. The molecule has 0 aliphatic heterocycles. The number of benzene rings is 1. The number of aliphatic hydroxyl groups is 1. The quantitative estimate of drug-likeness (QED) is 0.178. The minimum absolute atomic E-state index is 0.0147. The van der Waals surface area contributed by atoms with Crippen LogP contribution in [0.1, 0.15) is 17.1 Å². The van der Waals surface area contributed by atoms with Crippen molar-refractivity contribution in [3.8, 4) is 0 Å². The number of aromatic amines is 1. The number of aromatic nitrogens is 4. The van der Waals surface area contributed by atoms with Crippen molar-refractivity contribution in [2.24, 2.45) is 0 Å². The van der Waals surface area contributed by atoms with Gasteiger partial charge in [0.1, 0.15) is 25.4 Å². The Morgan fingerprint density at radius 1 is 1.19 bits per heavy atom. The van der Waals surface area contributed by atoms with Crippen LogP contribution in [0.15, 0.2) is 49.0 Å². The number of rotatable bonds is 12. The molecule has 16 heteroatoms. The number of halogens is 1. The van der Waals surface area contributed by atoms with E-state index in [0.717, 1.165) is 0 Å². The Kier molecular flexibility index (Phi) is 7.76. The van der Waals surface area contributed by atoms with Gasteiger partial charge in [-0.3, -0.25) is 18.9 Å². The van der Waals surface area contributed by atoms with E-state index in [9.17, 15) is 23.7 Å².